The number of fused-ring (bicyclic) bond motifs is 1. The lowest BCUT2D eigenvalue weighted by Crippen LogP contribution is -2.10. The lowest BCUT2D eigenvalue weighted by Gasteiger charge is -2.13. The molecule has 8 heteroatoms. The van der Waals surface area contributed by atoms with Crippen molar-refractivity contribution in [2.45, 2.75) is 25.7 Å². The Morgan fingerprint density at radius 2 is 2.05 bits per heavy atom. The fraction of sp³-hybridized carbons (Fsp3) is 0.364. The highest BCUT2D eigenvalue weighted by Gasteiger charge is 2.26. The van der Waals surface area contributed by atoms with Crippen LogP contribution in [-0.2, 0) is 12.8 Å². The van der Waals surface area contributed by atoms with E-state index in [1.54, 1.807) is 10.9 Å². The summed E-state index contributed by atoms with van der Waals surface area (Å²) in [4.78, 5) is 22.5. The Balaban J connectivity index is 2.20. The maximum Gasteiger partial charge on any atom is 0.349 e. The fourth-order valence-corrected chi connectivity index (χ4v) is 2.53. The summed E-state index contributed by atoms with van der Waals surface area (Å²) < 4.78 is 1.65. The second-order valence-corrected chi connectivity index (χ2v) is 4.67. The quantitative estimate of drug-likeness (QED) is 0.477. The van der Waals surface area contributed by atoms with Crippen LogP contribution in [0, 0.1) is 10.1 Å². The monoisotopic (exact) mass is 279 g/mol. The Hall–Kier alpha value is -2.02. The van der Waals surface area contributed by atoms with Gasteiger partial charge in [0.25, 0.3) is 0 Å². The third-order valence-electron chi connectivity index (χ3n) is 3.20. The van der Waals surface area contributed by atoms with Gasteiger partial charge in [-0.3, -0.25) is 14.7 Å². The van der Waals surface area contributed by atoms with Crippen molar-refractivity contribution in [2.24, 2.45) is 0 Å². The number of aromatic nitrogens is 4. The SMILES string of the molecule is O=[N+]([O-])c1c(Cl)ncnc1-n1cnc2c1CCCC2. The van der Waals surface area contributed by atoms with E-state index in [9.17, 15) is 10.1 Å². The number of nitro groups is 1. The molecule has 0 unspecified atom stereocenters. The average molecular weight is 280 g/mol. The highest BCUT2D eigenvalue weighted by atomic mass is 35.5. The first kappa shape index (κ1) is 12.0. The summed E-state index contributed by atoms with van der Waals surface area (Å²) in [6.07, 6.45) is 6.67. The van der Waals surface area contributed by atoms with Gasteiger partial charge in [0, 0.05) is 5.69 Å². The predicted octanol–water partition coefficient (Wildman–Crippen LogP) is 2.10. The van der Waals surface area contributed by atoms with E-state index < -0.39 is 4.92 Å². The zero-order valence-corrected chi connectivity index (χ0v) is 10.7. The summed E-state index contributed by atoms with van der Waals surface area (Å²) in [7, 11) is 0. The number of halogens is 1. The molecule has 0 spiro atoms. The third kappa shape index (κ3) is 1.95. The van der Waals surface area contributed by atoms with Crippen LogP contribution in [-0.4, -0.2) is 24.4 Å². The van der Waals surface area contributed by atoms with Crippen LogP contribution in [0.1, 0.15) is 24.2 Å². The van der Waals surface area contributed by atoms with Crippen LogP contribution >= 0.6 is 11.6 Å². The Morgan fingerprint density at radius 3 is 2.84 bits per heavy atom. The van der Waals surface area contributed by atoms with Crippen molar-refractivity contribution in [3.8, 4) is 5.82 Å². The van der Waals surface area contributed by atoms with E-state index in [4.69, 9.17) is 11.6 Å². The topological polar surface area (TPSA) is 86.7 Å². The number of nitrogens with zero attached hydrogens (tertiary/aromatic N) is 5. The first-order valence-electron chi connectivity index (χ1n) is 5.89. The molecule has 0 saturated carbocycles. The lowest BCUT2D eigenvalue weighted by atomic mass is 10.0. The minimum absolute atomic E-state index is 0.159. The maximum absolute atomic E-state index is 11.1. The minimum atomic E-state index is -0.563. The molecular weight excluding hydrogens is 270 g/mol. The molecule has 0 N–H and O–H groups in total. The van der Waals surface area contributed by atoms with Gasteiger partial charge in [-0.25, -0.2) is 15.0 Å². The van der Waals surface area contributed by atoms with Gasteiger partial charge >= 0.3 is 5.69 Å². The second kappa shape index (κ2) is 4.58. The Kier molecular flexibility index (Phi) is 2.90. The van der Waals surface area contributed by atoms with Gasteiger partial charge in [-0.1, -0.05) is 11.6 Å². The molecule has 19 heavy (non-hydrogen) atoms. The Morgan fingerprint density at radius 1 is 1.26 bits per heavy atom. The van der Waals surface area contributed by atoms with Crippen LogP contribution in [0.3, 0.4) is 0 Å². The summed E-state index contributed by atoms with van der Waals surface area (Å²) in [5.74, 6) is 0.181. The molecule has 1 aliphatic rings. The van der Waals surface area contributed by atoms with E-state index in [2.05, 4.69) is 15.0 Å². The molecule has 0 bridgehead atoms. The summed E-state index contributed by atoms with van der Waals surface area (Å²) in [6, 6.07) is 0. The molecule has 98 valence electrons. The first-order chi connectivity index (χ1) is 9.18. The van der Waals surface area contributed by atoms with Crippen molar-refractivity contribution in [1.82, 2.24) is 19.5 Å². The molecule has 2 heterocycles. The summed E-state index contributed by atoms with van der Waals surface area (Å²) in [5.41, 5.74) is 1.68. The van der Waals surface area contributed by atoms with Crippen LogP contribution < -0.4 is 0 Å². The normalized spacial score (nSPS) is 14.2. The largest absolute Gasteiger partial charge is 0.349 e. The van der Waals surface area contributed by atoms with Crippen molar-refractivity contribution in [3.05, 3.63) is 39.3 Å². The molecule has 0 saturated heterocycles. The summed E-state index contributed by atoms with van der Waals surface area (Å²) >= 11 is 5.80. The summed E-state index contributed by atoms with van der Waals surface area (Å²) in [6.45, 7) is 0. The number of hydrogen-bond acceptors (Lipinski definition) is 5. The molecular formula is C11H10ClN5O2. The molecule has 0 fully saturated rings. The third-order valence-corrected chi connectivity index (χ3v) is 3.48. The molecule has 0 aliphatic heterocycles. The molecule has 0 atom stereocenters. The van der Waals surface area contributed by atoms with E-state index in [0.29, 0.717) is 0 Å². The number of aryl methyl sites for hydroxylation is 1. The standard InChI is InChI=1S/C11H10ClN5O2/c12-10-9(17(18)19)11(14-5-13-10)16-6-15-7-3-1-2-4-8(7)16/h5-6H,1-4H2. The lowest BCUT2D eigenvalue weighted by molar-refractivity contribution is -0.385. The predicted molar refractivity (Wildman–Crippen MR) is 67.5 cm³/mol. The number of hydrogen-bond donors (Lipinski definition) is 0. The minimum Gasteiger partial charge on any atom is -0.281 e. The number of rotatable bonds is 2. The van der Waals surface area contributed by atoms with Crippen LogP contribution in [0.5, 0.6) is 0 Å². The highest BCUT2D eigenvalue weighted by molar-refractivity contribution is 6.31. The Labute approximate surface area is 113 Å². The molecule has 2 aromatic rings. The van der Waals surface area contributed by atoms with Crippen LogP contribution in [0.4, 0.5) is 5.69 Å². The Bertz CT molecular complexity index is 655. The van der Waals surface area contributed by atoms with Gasteiger partial charge in [0.05, 0.1) is 10.6 Å². The zero-order valence-electron chi connectivity index (χ0n) is 9.91. The molecule has 1 aliphatic carbocycles. The van der Waals surface area contributed by atoms with Gasteiger partial charge in [0.2, 0.25) is 11.0 Å². The fourth-order valence-electron chi connectivity index (χ4n) is 2.33. The molecule has 2 aromatic heterocycles. The van der Waals surface area contributed by atoms with Crippen LogP contribution in [0.15, 0.2) is 12.7 Å². The molecule has 0 radical (unpaired) electrons. The van der Waals surface area contributed by atoms with Crippen LogP contribution in [0.25, 0.3) is 5.82 Å². The first-order valence-corrected chi connectivity index (χ1v) is 6.26. The van der Waals surface area contributed by atoms with Crippen molar-refractivity contribution in [2.75, 3.05) is 0 Å². The molecule has 0 aromatic carbocycles. The van der Waals surface area contributed by atoms with E-state index in [0.717, 1.165) is 37.1 Å². The highest BCUT2D eigenvalue weighted by Crippen LogP contribution is 2.30. The van der Waals surface area contributed by atoms with Crippen LogP contribution in [0.2, 0.25) is 5.15 Å². The molecule has 0 amide bonds. The van der Waals surface area contributed by atoms with Gasteiger partial charge in [-0.15, -0.1) is 0 Å². The van der Waals surface area contributed by atoms with E-state index >= 15 is 0 Å². The van der Waals surface area contributed by atoms with Crippen molar-refractivity contribution < 1.29 is 4.92 Å². The van der Waals surface area contributed by atoms with Crippen molar-refractivity contribution in [3.63, 3.8) is 0 Å². The average Bonchev–Trinajstić information content (AvgIpc) is 2.81. The van der Waals surface area contributed by atoms with E-state index in [-0.39, 0.29) is 16.7 Å². The van der Waals surface area contributed by atoms with Crippen molar-refractivity contribution >= 4 is 17.3 Å². The van der Waals surface area contributed by atoms with Crippen molar-refractivity contribution in [1.29, 1.82) is 0 Å². The molecule has 7 nitrogen and oxygen atoms in total. The van der Waals surface area contributed by atoms with E-state index in [1.807, 2.05) is 0 Å². The smallest absolute Gasteiger partial charge is 0.281 e. The maximum atomic E-state index is 11.1. The van der Waals surface area contributed by atoms with Gasteiger partial charge in [-0.05, 0) is 25.7 Å². The number of imidazole rings is 1. The zero-order chi connectivity index (χ0) is 13.4. The van der Waals surface area contributed by atoms with Gasteiger partial charge in [-0.2, -0.15) is 0 Å². The molecule has 3 rings (SSSR count). The second-order valence-electron chi connectivity index (χ2n) is 4.31. The van der Waals surface area contributed by atoms with Gasteiger partial charge in [0.1, 0.15) is 12.7 Å². The summed E-state index contributed by atoms with van der Waals surface area (Å²) in [5, 5.41) is 11.0. The van der Waals surface area contributed by atoms with Gasteiger partial charge in [0.15, 0.2) is 0 Å². The van der Waals surface area contributed by atoms with Gasteiger partial charge < -0.3 is 0 Å². The van der Waals surface area contributed by atoms with E-state index in [1.165, 1.54) is 6.33 Å².